The number of hydrogen-bond acceptors (Lipinski definition) is 2. The van der Waals surface area contributed by atoms with E-state index in [1.54, 1.807) is 7.11 Å². The fourth-order valence-corrected chi connectivity index (χ4v) is 2.33. The fraction of sp³-hybridized carbons (Fsp3) is 0.400. The molecule has 0 aliphatic carbocycles. The van der Waals surface area contributed by atoms with Crippen LogP contribution in [0.15, 0.2) is 24.3 Å². The number of benzene rings is 1. The summed E-state index contributed by atoms with van der Waals surface area (Å²) in [6.45, 7) is 0. The molecule has 0 unspecified atom stereocenters. The Balaban J connectivity index is 2.40. The largest absolute Gasteiger partial charge is 0.497 e. The second-order valence-corrected chi connectivity index (χ2v) is 4.49. The van der Waals surface area contributed by atoms with Crippen LogP contribution < -0.4 is 4.74 Å². The molecule has 0 spiro atoms. The van der Waals surface area contributed by atoms with Gasteiger partial charge in [0.1, 0.15) is 5.75 Å². The highest BCUT2D eigenvalue weighted by molar-refractivity contribution is 9.09. The van der Waals surface area contributed by atoms with Crippen molar-refractivity contribution >= 4 is 27.7 Å². The van der Waals surface area contributed by atoms with Gasteiger partial charge in [0.15, 0.2) is 0 Å². The van der Waals surface area contributed by atoms with E-state index >= 15 is 0 Å². The van der Waals surface area contributed by atoms with Crippen LogP contribution in [0.1, 0.15) is 5.56 Å². The average Bonchev–Trinajstić information content (AvgIpc) is 2.19. The van der Waals surface area contributed by atoms with E-state index in [0.29, 0.717) is 0 Å². The number of hydrogen-bond donors (Lipinski definition) is 0. The van der Waals surface area contributed by atoms with Crippen molar-refractivity contribution in [1.29, 1.82) is 0 Å². The third kappa shape index (κ3) is 4.05. The monoisotopic (exact) mass is 260 g/mol. The number of halogens is 1. The smallest absolute Gasteiger partial charge is 0.118 e. The predicted molar refractivity (Wildman–Crippen MR) is 63.0 cm³/mol. The quantitative estimate of drug-likeness (QED) is 0.594. The lowest BCUT2D eigenvalue weighted by atomic mass is 10.2. The van der Waals surface area contributed by atoms with Crippen molar-refractivity contribution < 1.29 is 4.74 Å². The van der Waals surface area contributed by atoms with Gasteiger partial charge in [-0.25, -0.2) is 0 Å². The Bertz CT molecular complexity index is 235. The lowest BCUT2D eigenvalue weighted by Gasteiger charge is -2.02. The number of alkyl halides is 1. The van der Waals surface area contributed by atoms with E-state index < -0.39 is 0 Å². The maximum Gasteiger partial charge on any atom is 0.118 e. The fourth-order valence-electron chi connectivity index (χ4n) is 0.966. The van der Waals surface area contributed by atoms with Crippen LogP contribution in [0.2, 0.25) is 0 Å². The molecule has 1 nitrogen and oxygen atoms in total. The molecule has 1 aromatic carbocycles. The maximum absolute atomic E-state index is 5.08. The van der Waals surface area contributed by atoms with Crippen molar-refractivity contribution in [3.63, 3.8) is 0 Å². The van der Waals surface area contributed by atoms with Crippen molar-refractivity contribution in [3.8, 4) is 5.75 Å². The van der Waals surface area contributed by atoms with Crippen LogP contribution in [0.25, 0.3) is 0 Å². The van der Waals surface area contributed by atoms with E-state index in [1.165, 1.54) is 5.56 Å². The van der Waals surface area contributed by atoms with Gasteiger partial charge in [0.25, 0.3) is 0 Å². The van der Waals surface area contributed by atoms with Gasteiger partial charge in [0, 0.05) is 16.8 Å². The topological polar surface area (TPSA) is 9.23 Å². The first-order valence-corrected chi connectivity index (χ1v) is 6.41. The van der Waals surface area contributed by atoms with Gasteiger partial charge in [-0.2, -0.15) is 11.8 Å². The van der Waals surface area contributed by atoms with Gasteiger partial charge in [-0.3, -0.25) is 0 Å². The number of ether oxygens (including phenoxy) is 1. The third-order valence-electron chi connectivity index (χ3n) is 1.65. The predicted octanol–water partition coefficient (Wildman–Crippen LogP) is 3.32. The number of rotatable bonds is 5. The molecule has 0 N–H and O–H groups in total. The minimum atomic E-state index is 0.925. The Labute approximate surface area is 92.0 Å². The summed E-state index contributed by atoms with van der Waals surface area (Å²) in [7, 11) is 1.69. The molecule has 1 rings (SSSR count). The molecule has 0 saturated heterocycles. The van der Waals surface area contributed by atoms with Crippen LogP contribution in [-0.2, 0) is 5.75 Å². The molecule has 0 aliphatic heterocycles. The maximum atomic E-state index is 5.08. The van der Waals surface area contributed by atoms with E-state index in [0.717, 1.165) is 22.6 Å². The van der Waals surface area contributed by atoms with Crippen LogP contribution in [-0.4, -0.2) is 18.2 Å². The molecule has 0 aromatic heterocycles. The van der Waals surface area contributed by atoms with E-state index in [9.17, 15) is 0 Å². The van der Waals surface area contributed by atoms with E-state index in [1.807, 2.05) is 23.9 Å². The minimum absolute atomic E-state index is 0.925. The summed E-state index contributed by atoms with van der Waals surface area (Å²) in [5, 5.41) is 1.06. The standard InChI is InChI=1S/C10H13BrOS/c1-12-10-4-2-9(3-5-10)8-13-7-6-11/h2-5H,6-8H2,1H3. The summed E-state index contributed by atoms with van der Waals surface area (Å²) < 4.78 is 5.08. The van der Waals surface area contributed by atoms with Crippen molar-refractivity contribution in [2.45, 2.75) is 5.75 Å². The first kappa shape index (κ1) is 10.9. The third-order valence-corrected chi connectivity index (χ3v) is 3.60. The van der Waals surface area contributed by atoms with Crippen LogP contribution in [0.5, 0.6) is 5.75 Å². The molecule has 0 aliphatic rings. The van der Waals surface area contributed by atoms with Gasteiger partial charge in [0.05, 0.1) is 7.11 Å². The molecule has 13 heavy (non-hydrogen) atoms. The summed E-state index contributed by atoms with van der Waals surface area (Å²) in [6.07, 6.45) is 0. The highest BCUT2D eigenvalue weighted by Gasteiger charge is 1.94. The Morgan fingerprint density at radius 2 is 2.00 bits per heavy atom. The molecule has 0 heterocycles. The lowest BCUT2D eigenvalue weighted by Crippen LogP contribution is -1.85. The Kier molecular flexibility index (Phi) is 5.32. The van der Waals surface area contributed by atoms with Gasteiger partial charge in [-0.05, 0) is 17.7 Å². The zero-order valence-corrected chi connectivity index (χ0v) is 10.0. The summed E-state index contributed by atoms with van der Waals surface area (Å²) in [4.78, 5) is 0. The van der Waals surface area contributed by atoms with Crippen molar-refractivity contribution in [3.05, 3.63) is 29.8 Å². The molecule has 0 radical (unpaired) electrons. The van der Waals surface area contributed by atoms with Gasteiger partial charge >= 0.3 is 0 Å². The summed E-state index contributed by atoms with van der Waals surface area (Å²) in [6, 6.07) is 8.23. The normalized spacial score (nSPS) is 10.0. The van der Waals surface area contributed by atoms with E-state index in [2.05, 4.69) is 28.1 Å². The van der Waals surface area contributed by atoms with Crippen LogP contribution in [0, 0.1) is 0 Å². The molecule has 1 aromatic rings. The highest BCUT2D eigenvalue weighted by Crippen LogP contribution is 2.16. The number of thioether (sulfide) groups is 1. The lowest BCUT2D eigenvalue weighted by molar-refractivity contribution is 0.414. The van der Waals surface area contributed by atoms with Crippen LogP contribution in [0.4, 0.5) is 0 Å². The average molecular weight is 261 g/mol. The summed E-state index contributed by atoms with van der Waals surface area (Å²) in [5.74, 6) is 3.16. The molecular weight excluding hydrogens is 248 g/mol. The zero-order valence-electron chi connectivity index (χ0n) is 7.63. The molecule has 0 fully saturated rings. The molecule has 3 heteroatoms. The first-order valence-electron chi connectivity index (χ1n) is 4.13. The second-order valence-electron chi connectivity index (χ2n) is 2.59. The van der Waals surface area contributed by atoms with Gasteiger partial charge < -0.3 is 4.74 Å². The molecule has 0 bridgehead atoms. The van der Waals surface area contributed by atoms with Crippen LogP contribution in [0.3, 0.4) is 0 Å². The van der Waals surface area contributed by atoms with Crippen molar-refractivity contribution in [2.24, 2.45) is 0 Å². The number of methoxy groups -OCH3 is 1. The van der Waals surface area contributed by atoms with Crippen molar-refractivity contribution in [2.75, 3.05) is 18.2 Å². The molecule has 0 amide bonds. The SMILES string of the molecule is COc1ccc(CSCCBr)cc1. The highest BCUT2D eigenvalue weighted by atomic mass is 79.9. The van der Waals surface area contributed by atoms with Gasteiger partial charge in [-0.1, -0.05) is 28.1 Å². The summed E-state index contributed by atoms with van der Waals surface area (Å²) >= 11 is 5.34. The molecule has 0 atom stereocenters. The van der Waals surface area contributed by atoms with Gasteiger partial charge in [-0.15, -0.1) is 0 Å². The Morgan fingerprint density at radius 3 is 2.54 bits per heavy atom. The van der Waals surface area contributed by atoms with E-state index in [-0.39, 0.29) is 0 Å². The Morgan fingerprint density at radius 1 is 1.31 bits per heavy atom. The van der Waals surface area contributed by atoms with Crippen molar-refractivity contribution in [1.82, 2.24) is 0 Å². The zero-order chi connectivity index (χ0) is 9.52. The summed E-state index contributed by atoms with van der Waals surface area (Å²) in [5.41, 5.74) is 1.35. The van der Waals surface area contributed by atoms with E-state index in [4.69, 9.17) is 4.74 Å². The molecule has 72 valence electrons. The van der Waals surface area contributed by atoms with Gasteiger partial charge in [0.2, 0.25) is 0 Å². The Hall–Kier alpha value is -0.150. The molecule has 0 saturated carbocycles. The second kappa shape index (κ2) is 6.33. The minimum Gasteiger partial charge on any atom is -0.497 e. The first-order chi connectivity index (χ1) is 6.36. The molecular formula is C10H13BrOS. The van der Waals surface area contributed by atoms with Crippen LogP contribution >= 0.6 is 27.7 Å².